The summed E-state index contributed by atoms with van der Waals surface area (Å²) in [5.41, 5.74) is -1.22. The number of alkyl halides is 6. The van der Waals surface area contributed by atoms with Gasteiger partial charge in [0.25, 0.3) is 0 Å². The lowest BCUT2D eigenvalue weighted by atomic mass is 9.78. The van der Waals surface area contributed by atoms with Crippen LogP contribution in [0.1, 0.15) is 87.5 Å². The molecular weight excluding hydrogens is 752 g/mol. The molecule has 1 aliphatic carbocycles. The lowest BCUT2D eigenvalue weighted by Gasteiger charge is -2.49. The van der Waals surface area contributed by atoms with Crippen LogP contribution in [0.3, 0.4) is 0 Å². The number of amides is 1. The number of hydrogen-bond acceptors (Lipinski definition) is 8. The van der Waals surface area contributed by atoms with Gasteiger partial charge in [-0.2, -0.15) is 26.3 Å². The topological polar surface area (TPSA) is 88.1 Å². The fraction of sp³-hybridized carbons (Fsp3) is 0.571. The number of morpholine rings is 1. The Morgan fingerprint density at radius 1 is 0.842 bits per heavy atom. The number of likely N-dealkylation sites (tertiary alicyclic amines) is 1. The van der Waals surface area contributed by atoms with Crippen LogP contribution in [0.25, 0.3) is 0 Å². The van der Waals surface area contributed by atoms with E-state index in [0.717, 1.165) is 36.2 Å². The molecule has 3 atom stereocenters. The van der Waals surface area contributed by atoms with E-state index >= 15 is 0 Å². The summed E-state index contributed by atoms with van der Waals surface area (Å²) in [6, 6.07) is 10.3. The number of piperidine rings is 1. The van der Waals surface area contributed by atoms with Gasteiger partial charge in [-0.3, -0.25) is 9.59 Å². The molecule has 3 heterocycles. The molecule has 6 rings (SSSR count). The summed E-state index contributed by atoms with van der Waals surface area (Å²) in [4.78, 5) is 41.9. The summed E-state index contributed by atoms with van der Waals surface area (Å²) in [7, 11) is 0. The second kappa shape index (κ2) is 18.5. The molecule has 15 heteroatoms. The van der Waals surface area contributed by atoms with Crippen molar-refractivity contribution in [3.63, 3.8) is 0 Å². The monoisotopic (exact) mass is 803 g/mol. The van der Waals surface area contributed by atoms with Gasteiger partial charge in [-0.25, -0.2) is 9.97 Å². The Bertz CT molecular complexity index is 1750. The molecule has 2 saturated heterocycles. The molecular formula is C42H51F6N5O4. The molecule has 57 heavy (non-hydrogen) atoms. The standard InChI is InChI=1S/C42H51F6N5O4/c1-3-34-23-35(24-36(20-28-8-6-5-7-9-28)53(34)39(55)31-12-10-29(11-13-31)21-38(54)57-4-2)52(40-49-25-37(26-50-40)51-14-16-56-17-15-51)27-30-18-32(41(43,44)45)22-33(19-30)42(46,47)48/h5-9,18-19,22,25-26,29,31,34-36H,3-4,10-17,20-21,23-24,27H2,1-2H3. The van der Waals surface area contributed by atoms with Crippen molar-refractivity contribution in [3.8, 4) is 0 Å². The summed E-state index contributed by atoms with van der Waals surface area (Å²) in [6.45, 7) is 6.06. The number of ether oxygens (including phenoxy) is 2. The molecule has 3 aliphatic rings. The Hall–Kier alpha value is -4.40. The van der Waals surface area contributed by atoms with E-state index in [2.05, 4.69) is 14.9 Å². The quantitative estimate of drug-likeness (QED) is 0.133. The van der Waals surface area contributed by atoms with Gasteiger partial charge >= 0.3 is 18.3 Å². The van der Waals surface area contributed by atoms with Crippen LogP contribution in [-0.2, 0) is 44.4 Å². The van der Waals surface area contributed by atoms with Gasteiger partial charge in [0, 0.05) is 50.1 Å². The van der Waals surface area contributed by atoms with Crippen molar-refractivity contribution < 1.29 is 45.4 Å². The van der Waals surface area contributed by atoms with Gasteiger partial charge in [0.15, 0.2) is 0 Å². The van der Waals surface area contributed by atoms with Crippen LogP contribution in [0.5, 0.6) is 0 Å². The zero-order valence-electron chi connectivity index (χ0n) is 32.4. The van der Waals surface area contributed by atoms with Gasteiger partial charge in [-0.1, -0.05) is 37.3 Å². The number of carbonyl (C=O) groups is 2. The molecule has 1 aromatic heterocycles. The van der Waals surface area contributed by atoms with E-state index in [0.29, 0.717) is 77.9 Å². The number of anilines is 2. The highest BCUT2D eigenvalue weighted by atomic mass is 19.4. The SMILES string of the molecule is CCOC(=O)CC1CCC(C(=O)N2C(CC)CC(N(Cc3cc(C(F)(F)F)cc(C(F)(F)F)c3)c3ncc(N4CCOCC4)cn3)CC2Cc2ccccc2)CC1. The molecule has 3 fully saturated rings. The second-order valence-corrected chi connectivity index (χ2v) is 15.4. The maximum atomic E-state index is 14.6. The lowest BCUT2D eigenvalue weighted by molar-refractivity contribution is -0.146. The minimum Gasteiger partial charge on any atom is -0.466 e. The van der Waals surface area contributed by atoms with Gasteiger partial charge in [-0.15, -0.1) is 0 Å². The molecule has 0 N–H and O–H groups in total. The third-order valence-corrected chi connectivity index (χ3v) is 11.6. The molecule has 3 unspecified atom stereocenters. The number of rotatable bonds is 12. The Labute approximate surface area is 329 Å². The van der Waals surface area contributed by atoms with Crippen LogP contribution >= 0.6 is 0 Å². The number of halogens is 6. The zero-order chi connectivity index (χ0) is 40.7. The van der Waals surface area contributed by atoms with Gasteiger partial charge in [0.05, 0.1) is 49.0 Å². The van der Waals surface area contributed by atoms with Crippen molar-refractivity contribution in [1.82, 2.24) is 14.9 Å². The maximum Gasteiger partial charge on any atom is 0.416 e. The van der Waals surface area contributed by atoms with Gasteiger partial charge < -0.3 is 24.2 Å². The van der Waals surface area contributed by atoms with Crippen LogP contribution in [0.15, 0.2) is 60.9 Å². The molecule has 2 aliphatic heterocycles. The van der Waals surface area contributed by atoms with Crippen molar-refractivity contribution in [2.75, 3.05) is 42.7 Å². The first-order valence-electron chi connectivity index (χ1n) is 19.9. The maximum absolute atomic E-state index is 14.6. The first-order valence-corrected chi connectivity index (χ1v) is 19.9. The summed E-state index contributed by atoms with van der Waals surface area (Å²) in [5.74, 6) is -0.0901. The first kappa shape index (κ1) is 42.2. The second-order valence-electron chi connectivity index (χ2n) is 15.4. The predicted octanol–water partition coefficient (Wildman–Crippen LogP) is 8.50. The highest BCUT2D eigenvalue weighted by Gasteiger charge is 2.44. The van der Waals surface area contributed by atoms with Gasteiger partial charge in [0.2, 0.25) is 11.9 Å². The van der Waals surface area contributed by atoms with Crippen molar-refractivity contribution in [2.45, 2.75) is 109 Å². The molecule has 2 aromatic carbocycles. The average molecular weight is 804 g/mol. The Kier molecular flexibility index (Phi) is 13.7. The van der Waals surface area contributed by atoms with Crippen LogP contribution in [0, 0.1) is 11.8 Å². The van der Waals surface area contributed by atoms with Crippen LogP contribution < -0.4 is 9.80 Å². The third kappa shape index (κ3) is 10.8. The van der Waals surface area contributed by atoms with Crippen molar-refractivity contribution >= 4 is 23.5 Å². The molecule has 9 nitrogen and oxygen atoms in total. The van der Waals surface area contributed by atoms with E-state index in [-0.39, 0.29) is 59.9 Å². The van der Waals surface area contributed by atoms with Crippen molar-refractivity contribution in [3.05, 3.63) is 83.2 Å². The van der Waals surface area contributed by atoms with E-state index in [1.54, 1.807) is 24.2 Å². The number of benzene rings is 2. The fourth-order valence-corrected chi connectivity index (χ4v) is 8.69. The van der Waals surface area contributed by atoms with Crippen molar-refractivity contribution in [1.29, 1.82) is 0 Å². The largest absolute Gasteiger partial charge is 0.466 e. The number of carbonyl (C=O) groups excluding carboxylic acids is 2. The van der Waals surface area contributed by atoms with Crippen molar-refractivity contribution in [2.24, 2.45) is 11.8 Å². The molecule has 0 spiro atoms. The summed E-state index contributed by atoms with van der Waals surface area (Å²) >= 11 is 0. The number of nitrogens with zero attached hydrogens (tertiary/aromatic N) is 5. The Morgan fingerprint density at radius 2 is 1.46 bits per heavy atom. The molecule has 1 saturated carbocycles. The van der Waals surface area contributed by atoms with Crippen LogP contribution in [0.4, 0.5) is 38.0 Å². The molecule has 0 bridgehead atoms. The first-order chi connectivity index (χ1) is 27.2. The van der Waals surface area contributed by atoms with Crippen LogP contribution in [-0.4, -0.2) is 77.8 Å². The van der Waals surface area contributed by atoms with Gasteiger partial charge in [0.1, 0.15) is 0 Å². The summed E-state index contributed by atoms with van der Waals surface area (Å²) in [6.07, 6.45) is -1.80. The highest BCUT2D eigenvalue weighted by Crippen LogP contribution is 2.40. The molecule has 1 amide bonds. The molecule has 0 radical (unpaired) electrons. The number of esters is 1. The van der Waals surface area contributed by atoms with E-state index in [9.17, 15) is 35.9 Å². The number of hydrogen-bond donors (Lipinski definition) is 0. The fourth-order valence-electron chi connectivity index (χ4n) is 8.69. The summed E-state index contributed by atoms with van der Waals surface area (Å²) < 4.78 is 94.8. The highest BCUT2D eigenvalue weighted by molar-refractivity contribution is 5.80. The normalized spacial score (nSPS) is 23.3. The average Bonchev–Trinajstić information content (AvgIpc) is 3.20. The lowest BCUT2D eigenvalue weighted by Crippen LogP contribution is -2.59. The van der Waals surface area contributed by atoms with E-state index in [4.69, 9.17) is 9.47 Å². The zero-order valence-corrected chi connectivity index (χ0v) is 32.4. The number of aromatic nitrogens is 2. The van der Waals surface area contributed by atoms with E-state index in [1.807, 2.05) is 42.2 Å². The minimum absolute atomic E-state index is 0.0428. The van der Waals surface area contributed by atoms with Gasteiger partial charge in [-0.05, 0) is 93.5 Å². The minimum atomic E-state index is -5.01. The van der Waals surface area contributed by atoms with E-state index < -0.39 is 29.5 Å². The Balaban J connectivity index is 1.34. The third-order valence-electron chi connectivity index (χ3n) is 11.6. The molecule has 3 aromatic rings. The van der Waals surface area contributed by atoms with E-state index in [1.165, 1.54) is 0 Å². The summed E-state index contributed by atoms with van der Waals surface area (Å²) in [5, 5.41) is 0. The Morgan fingerprint density at radius 3 is 2.04 bits per heavy atom. The van der Waals surface area contributed by atoms with Crippen LogP contribution in [0.2, 0.25) is 0 Å². The predicted molar refractivity (Wildman–Crippen MR) is 202 cm³/mol. The molecule has 310 valence electrons. The smallest absolute Gasteiger partial charge is 0.416 e.